The lowest BCUT2D eigenvalue weighted by Crippen LogP contribution is -2.23. The summed E-state index contributed by atoms with van der Waals surface area (Å²) in [5.41, 5.74) is 4.58. The molecule has 0 bridgehead atoms. The highest BCUT2D eigenvalue weighted by molar-refractivity contribution is 5.92. The molecule has 4 nitrogen and oxygen atoms in total. The zero-order valence-corrected chi connectivity index (χ0v) is 12.1. The van der Waals surface area contributed by atoms with Gasteiger partial charge >= 0.3 is 0 Å². The minimum absolute atomic E-state index is 0.153. The van der Waals surface area contributed by atoms with Crippen LogP contribution in [0.5, 0.6) is 0 Å². The molecule has 0 saturated carbocycles. The lowest BCUT2D eigenvalue weighted by molar-refractivity contribution is 0.0946. The minimum Gasteiger partial charge on any atom is -0.347 e. The SMILES string of the molecule is Cc1cccc(CNC(=O)c2cn3cccc(C)c3n2)c1. The van der Waals surface area contributed by atoms with Crippen molar-refractivity contribution in [1.29, 1.82) is 0 Å². The van der Waals surface area contributed by atoms with Crippen LogP contribution in [0.25, 0.3) is 5.65 Å². The second-order valence-electron chi connectivity index (χ2n) is 5.22. The molecule has 4 heteroatoms. The summed E-state index contributed by atoms with van der Waals surface area (Å²) in [6.45, 7) is 4.53. The summed E-state index contributed by atoms with van der Waals surface area (Å²) < 4.78 is 1.87. The van der Waals surface area contributed by atoms with E-state index < -0.39 is 0 Å². The van der Waals surface area contributed by atoms with Gasteiger partial charge in [-0.2, -0.15) is 0 Å². The topological polar surface area (TPSA) is 46.4 Å². The molecule has 0 unspecified atom stereocenters. The first kappa shape index (κ1) is 13.4. The number of imidazole rings is 1. The van der Waals surface area contributed by atoms with E-state index in [0.717, 1.165) is 16.8 Å². The molecule has 0 aliphatic heterocycles. The number of amides is 1. The van der Waals surface area contributed by atoms with Gasteiger partial charge in [-0.3, -0.25) is 4.79 Å². The second-order valence-corrected chi connectivity index (χ2v) is 5.22. The Kier molecular flexibility index (Phi) is 3.44. The third-order valence-electron chi connectivity index (χ3n) is 3.45. The molecule has 0 atom stereocenters. The van der Waals surface area contributed by atoms with Crippen LogP contribution in [0.4, 0.5) is 0 Å². The summed E-state index contributed by atoms with van der Waals surface area (Å²) in [6, 6.07) is 12.0. The third-order valence-corrected chi connectivity index (χ3v) is 3.45. The van der Waals surface area contributed by atoms with E-state index in [1.165, 1.54) is 5.56 Å². The maximum atomic E-state index is 12.2. The van der Waals surface area contributed by atoms with Gasteiger partial charge in [-0.05, 0) is 31.0 Å². The monoisotopic (exact) mass is 279 g/mol. The largest absolute Gasteiger partial charge is 0.347 e. The van der Waals surface area contributed by atoms with Gasteiger partial charge in [0.2, 0.25) is 0 Å². The number of aromatic nitrogens is 2. The number of nitrogens with zero attached hydrogens (tertiary/aromatic N) is 2. The van der Waals surface area contributed by atoms with E-state index in [0.29, 0.717) is 12.2 Å². The van der Waals surface area contributed by atoms with E-state index in [9.17, 15) is 4.79 Å². The number of benzene rings is 1. The number of hydrogen-bond donors (Lipinski definition) is 1. The van der Waals surface area contributed by atoms with Gasteiger partial charge in [-0.1, -0.05) is 35.9 Å². The van der Waals surface area contributed by atoms with Crippen LogP contribution >= 0.6 is 0 Å². The molecule has 3 aromatic rings. The van der Waals surface area contributed by atoms with E-state index in [4.69, 9.17) is 0 Å². The lowest BCUT2D eigenvalue weighted by Gasteiger charge is -2.04. The molecular formula is C17H17N3O. The van der Waals surface area contributed by atoms with Crippen molar-refractivity contribution in [3.05, 3.63) is 71.2 Å². The van der Waals surface area contributed by atoms with Crippen molar-refractivity contribution >= 4 is 11.6 Å². The van der Waals surface area contributed by atoms with Gasteiger partial charge in [0.25, 0.3) is 5.91 Å². The fourth-order valence-corrected chi connectivity index (χ4v) is 2.36. The summed E-state index contributed by atoms with van der Waals surface area (Å²) in [7, 11) is 0. The van der Waals surface area contributed by atoms with Gasteiger partial charge in [-0.15, -0.1) is 0 Å². The summed E-state index contributed by atoms with van der Waals surface area (Å²) in [4.78, 5) is 16.6. The standard InChI is InChI=1S/C17H17N3O/c1-12-5-3-7-14(9-12)10-18-17(21)15-11-20-8-4-6-13(2)16(20)19-15/h3-9,11H,10H2,1-2H3,(H,18,21). The molecule has 21 heavy (non-hydrogen) atoms. The Morgan fingerprint density at radius 3 is 2.86 bits per heavy atom. The Balaban J connectivity index is 1.76. The van der Waals surface area contributed by atoms with Crippen molar-refractivity contribution in [3.63, 3.8) is 0 Å². The molecule has 0 saturated heterocycles. The first-order chi connectivity index (χ1) is 10.1. The molecule has 1 N–H and O–H groups in total. The maximum Gasteiger partial charge on any atom is 0.271 e. The zero-order chi connectivity index (χ0) is 14.8. The average molecular weight is 279 g/mol. The molecule has 2 aromatic heterocycles. The van der Waals surface area contributed by atoms with Crippen LogP contribution in [-0.4, -0.2) is 15.3 Å². The van der Waals surface area contributed by atoms with Crippen molar-refractivity contribution in [2.75, 3.05) is 0 Å². The summed E-state index contributed by atoms with van der Waals surface area (Å²) in [5, 5.41) is 2.91. The van der Waals surface area contributed by atoms with Crippen LogP contribution < -0.4 is 5.32 Å². The highest BCUT2D eigenvalue weighted by Crippen LogP contribution is 2.10. The fourth-order valence-electron chi connectivity index (χ4n) is 2.36. The zero-order valence-electron chi connectivity index (χ0n) is 12.1. The van der Waals surface area contributed by atoms with Gasteiger partial charge < -0.3 is 9.72 Å². The van der Waals surface area contributed by atoms with E-state index in [1.807, 2.05) is 54.8 Å². The van der Waals surface area contributed by atoms with Gasteiger partial charge in [0.1, 0.15) is 11.3 Å². The molecule has 0 aliphatic carbocycles. The molecule has 1 amide bonds. The van der Waals surface area contributed by atoms with Crippen molar-refractivity contribution in [2.24, 2.45) is 0 Å². The van der Waals surface area contributed by atoms with Crippen molar-refractivity contribution < 1.29 is 4.79 Å². The Labute approximate surface area is 123 Å². The number of fused-ring (bicyclic) bond motifs is 1. The number of hydrogen-bond acceptors (Lipinski definition) is 2. The predicted octanol–water partition coefficient (Wildman–Crippen LogP) is 2.88. The van der Waals surface area contributed by atoms with Gasteiger partial charge in [0, 0.05) is 18.9 Å². The molecule has 0 aliphatic rings. The second kappa shape index (κ2) is 5.40. The molecule has 1 aromatic carbocycles. The molecule has 106 valence electrons. The Bertz CT molecular complexity index is 805. The Morgan fingerprint density at radius 1 is 1.24 bits per heavy atom. The number of carbonyl (C=O) groups is 1. The third kappa shape index (κ3) is 2.79. The molecule has 0 radical (unpaired) electrons. The van der Waals surface area contributed by atoms with E-state index >= 15 is 0 Å². The summed E-state index contributed by atoms with van der Waals surface area (Å²) in [5.74, 6) is -0.153. The van der Waals surface area contributed by atoms with E-state index in [1.54, 1.807) is 6.20 Å². The normalized spacial score (nSPS) is 10.8. The molecule has 0 fully saturated rings. The maximum absolute atomic E-state index is 12.2. The lowest BCUT2D eigenvalue weighted by atomic mass is 10.1. The Morgan fingerprint density at radius 2 is 2.10 bits per heavy atom. The number of nitrogens with one attached hydrogen (secondary N) is 1. The van der Waals surface area contributed by atoms with Crippen LogP contribution in [0.1, 0.15) is 27.2 Å². The molecular weight excluding hydrogens is 262 g/mol. The van der Waals surface area contributed by atoms with Crippen molar-refractivity contribution in [1.82, 2.24) is 14.7 Å². The number of pyridine rings is 1. The summed E-state index contributed by atoms with van der Waals surface area (Å²) >= 11 is 0. The highest BCUT2D eigenvalue weighted by Gasteiger charge is 2.11. The van der Waals surface area contributed by atoms with Crippen molar-refractivity contribution in [3.8, 4) is 0 Å². The first-order valence-electron chi connectivity index (χ1n) is 6.91. The van der Waals surface area contributed by atoms with Crippen LogP contribution in [-0.2, 0) is 6.54 Å². The smallest absolute Gasteiger partial charge is 0.271 e. The first-order valence-corrected chi connectivity index (χ1v) is 6.91. The van der Waals surface area contributed by atoms with Gasteiger partial charge in [-0.25, -0.2) is 4.98 Å². The highest BCUT2D eigenvalue weighted by atomic mass is 16.1. The number of rotatable bonds is 3. The molecule has 2 heterocycles. The van der Waals surface area contributed by atoms with Crippen LogP contribution in [0.2, 0.25) is 0 Å². The van der Waals surface area contributed by atoms with E-state index in [2.05, 4.69) is 16.4 Å². The number of aryl methyl sites for hydroxylation is 2. The van der Waals surface area contributed by atoms with Crippen LogP contribution in [0.15, 0.2) is 48.8 Å². The fraction of sp³-hybridized carbons (Fsp3) is 0.176. The quantitative estimate of drug-likeness (QED) is 0.801. The molecule has 3 rings (SSSR count). The average Bonchev–Trinajstić information content (AvgIpc) is 2.90. The van der Waals surface area contributed by atoms with Crippen molar-refractivity contribution in [2.45, 2.75) is 20.4 Å². The van der Waals surface area contributed by atoms with Crippen LogP contribution in [0, 0.1) is 13.8 Å². The van der Waals surface area contributed by atoms with E-state index in [-0.39, 0.29) is 5.91 Å². The molecule has 0 spiro atoms. The van der Waals surface area contributed by atoms with Gasteiger partial charge in [0.05, 0.1) is 0 Å². The predicted molar refractivity (Wildman–Crippen MR) is 82.3 cm³/mol. The summed E-state index contributed by atoms with van der Waals surface area (Å²) in [6.07, 6.45) is 3.65. The van der Waals surface area contributed by atoms with Gasteiger partial charge in [0.15, 0.2) is 0 Å². The Hall–Kier alpha value is -2.62. The number of carbonyl (C=O) groups excluding carboxylic acids is 1. The minimum atomic E-state index is -0.153. The van der Waals surface area contributed by atoms with Crippen LogP contribution in [0.3, 0.4) is 0 Å².